The Labute approximate surface area is 105 Å². The summed E-state index contributed by atoms with van der Waals surface area (Å²) in [7, 11) is 0. The first-order valence-electron chi connectivity index (χ1n) is 5.75. The molecular weight excluding hydrogens is 220 g/mol. The van der Waals surface area contributed by atoms with E-state index in [1.807, 2.05) is 41.5 Å². The average Bonchev–Trinajstić information content (AvgIpc) is 1.97. The predicted octanol–water partition coefficient (Wildman–Crippen LogP) is 3.65. The third-order valence-electron chi connectivity index (χ3n) is 1.18. The van der Waals surface area contributed by atoms with Crippen LogP contribution >= 0.6 is 0 Å². The molecule has 0 fully saturated rings. The molecule has 0 unspecified atom stereocenters. The molecule has 0 aliphatic rings. The van der Waals surface area contributed by atoms with Gasteiger partial charge in [-0.1, -0.05) is 0 Å². The Hall–Kier alpha value is -0.610. The smallest absolute Gasteiger partial charge is 0.308 e. The molecule has 0 aliphatic heterocycles. The van der Waals surface area contributed by atoms with Gasteiger partial charge < -0.3 is 5.11 Å². The predicted molar refractivity (Wildman–Crippen MR) is 68.8 cm³/mol. The van der Waals surface area contributed by atoms with Crippen LogP contribution in [0.3, 0.4) is 0 Å². The molecule has 104 valence electrons. The van der Waals surface area contributed by atoms with Crippen molar-refractivity contribution in [2.45, 2.75) is 73.5 Å². The van der Waals surface area contributed by atoms with Crippen molar-refractivity contribution in [2.24, 2.45) is 5.41 Å². The molecule has 0 atom stereocenters. The van der Waals surface area contributed by atoms with Crippen molar-refractivity contribution in [3.05, 3.63) is 0 Å². The van der Waals surface area contributed by atoms with Crippen molar-refractivity contribution in [3.8, 4) is 0 Å². The first kappa shape index (κ1) is 18.7. The van der Waals surface area contributed by atoms with E-state index >= 15 is 0 Å². The standard InChI is InChI=1S/C8H18O2.C5H10O2/c1-7(2,3)9-10-8(4,5)6;1-5(2,3)4(6)7/h1-6H3;1-3H3,(H,6,7). The van der Waals surface area contributed by atoms with Gasteiger partial charge in [0.15, 0.2) is 0 Å². The minimum absolute atomic E-state index is 0.215. The van der Waals surface area contributed by atoms with Gasteiger partial charge in [-0.15, -0.1) is 0 Å². The number of rotatable bonds is 1. The zero-order valence-electron chi connectivity index (χ0n) is 12.7. The van der Waals surface area contributed by atoms with Crippen molar-refractivity contribution in [1.82, 2.24) is 0 Å². The molecule has 0 amide bonds. The van der Waals surface area contributed by atoms with Crippen LogP contribution < -0.4 is 0 Å². The molecular formula is C13H28O4. The van der Waals surface area contributed by atoms with Gasteiger partial charge in [-0.2, -0.15) is 0 Å². The highest BCUT2D eigenvalue weighted by Gasteiger charge is 2.19. The quantitative estimate of drug-likeness (QED) is 0.568. The molecule has 0 aromatic carbocycles. The highest BCUT2D eigenvalue weighted by atomic mass is 17.2. The normalized spacial score (nSPS) is 12.8. The zero-order chi connectivity index (χ0) is 14.5. The van der Waals surface area contributed by atoms with E-state index in [2.05, 4.69) is 0 Å². The van der Waals surface area contributed by atoms with Crippen LogP contribution in [0.1, 0.15) is 62.3 Å². The fourth-order valence-corrected chi connectivity index (χ4v) is 0.250. The zero-order valence-corrected chi connectivity index (χ0v) is 12.7. The van der Waals surface area contributed by atoms with E-state index in [-0.39, 0.29) is 11.2 Å². The van der Waals surface area contributed by atoms with Crippen LogP contribution in [-0.2, 0) is 14.6 Å². The van der Waals surface area contributed by atoms with Crippen LogP contribution in [0.2, 0.25) is 0 Å². The topological polar surface area (TPSA) is 55.8 Å². The highest BCUT2D eigenvalue weighted by Crippen LogP contribution is 2.14. The molecule has 4 nitrogen and oxygen atoms in total. The lowest BCUT2D eigenvalue weighted by Gasteiger charge is -2.24. The van der Waals surface area contributed by atoms with Gasteiger partial charge in [0.1, 0.15) is 0 Å². The maximum Gasteiger partial charge on any atom is 0.308 e. The summed E-state index contributed by atoms with van der Waals surface area (Å²) >= 11 is 0. The van der Waals surface area contributed by atoms with E-state index in [0.29, 0.717) is 0 Å². The summed E-state index contributed by atoms with van der Waals surface area (Å²) in [6, 6.07) is 0. The summed E-state index contributed by atoms with van der Waals surface area (Å²) in [4.78, 5) is 20.2. The van der Waals surface area contributed by atoms with Crippen LogP contribution in [0.5, 0.6) is 0 Å². The van der Waals surface area contributed by atoms with Crippen molar-refractivity contribution in [2.75, 3.05) is 0 Å². The Kier molecular flexibility index (Phi) is 7.01. The lowest BCUT2D eigenvalue weighted by molar-refractivity contribution is -0.393. The minimum Gasteiger partial charge on any atom is -0.481 e. The van der Waals surface area contributed by atoms with Crippen LogP contribution in [0.25, 0.3) is 0 Å². The van der Waals surface area contributed by atoms with Gasteiger partial charge >= 0.3 is 5.97 Å². The van der Waals surface area contributed by atoms with Crippen molar-refractivity contribution in [1.29, 1.82) is 0 Å². The second-order valence-corrected chi connectivity index (χ2v) is 6.95. The van der Waals surface area contributed by atoms with E-state index in [4.69, 9.17) is 14.9 Å². The van der Waals surface area contributed by atoms with E-state index in [0.717, 1.165) is 0 Å². The van der Waals surface area contributed by atoms with E-state index in [1.165, 1.54) is 0 Å². The van der Waals surface area contributed by atoms with Crippen LogP contribution in [0.15, 0.2) is 0 Å². The lowest BCUT2D eigenvalue weighted by atomic mass is 9.98. The highest BCUT2D eigenvalue weighted by molar-refractivity contribution is 5.72. The number of aliphatic carboxylic acids is 1. The SMILES string of the molecule is CC(C)(C)C(=O)O.CC(C)(C)OOC(C)(C)C. The molecule has 0 heterocycles. The molecule has 0 saturated carbocycles. The number of hydrogen-bond acceptors (Lipinski definition) is 3. The maximum atomic E-state index is 10.0. The van der Waals surface area contributed by atoms with Gasteiger partial charge in [-0.3, -0.25) is 4.79 Å². The number of carboxylic acid groups (broad SMARTS) is 1. The Morgan fingerprint density at radius 2 is 0.941 bits per heavy atom. The molecule has 0 spiro atoms. The molecule has 0 aliphatic carbocycles. The summed E-state index contributed by atoms with van der Waals surface area (Å²) in [5, 5.41) is 8.25. The maximum absolute atomic E-state index is 10.0. The molecule has 0 saturated heterocycles. The van der Waals surface area contributed by atoms with Gasteiger partial charge in [0.25, 0.3) is 0 Å². The Morgan fingerprint density at radius 1 is 0.765 bits per heavy atom. The van der Waals surface area contributed by atoms with E-state index in [1.54, 1.807) is 20.8 Å². The summed E-state index contributed by atoms with van der Waals surface area (Å²) < 4.78 is 0. The minimum atomic E-state index is -0.757. The first-order chi connectivity index (χ1) is 7.15. The third kappa shape index (κ3) is 18.0. The van der Waals surface area contributed by atoms with E-state index in [9.17, 15) is 4.79 Å². The number of carbonyl (C=O) groups is 1. The molecule has 0 rings (SSSR count). The van der Waals surface area contributed by atoms with Crippen LogP contribution in [-0.4, -0.2) is 22.3 Å². The Morgan fingerprint density at radius 3 is 1.00 bits per heavy atom. The van der Waals surface area contributed by atoms with Gasteiger partial charge in [-0.05, 0) is 62.3 Å². The molecule has 0 radical (unpaired) electrons. The monoisotopic (exact) mass is 248 g/mol. The van der Waals surface area contributed by atoms with Gasteiger partial charge in [-0.25, -0.2) is 9.78 Å². The summed E-state index contributed by atoms with van der Waals surface area (Å²) in [5.74, 6) is -0.757. The van der Waals surface area contributed by atoms with Crippen LogP contribution in [0, 0.1) is 5.41 Å². The fourth-order valence-electron chi connectivity index (χ4n) is 0.250. The van der Waals surface area contributed by atoms with Crippen LogP contribution in [0.4, 0.5) is 0 Å². The largest absolute Gasteiger partial charge is 0.481 e. The summed E-state index contributed by atoms with van der Waals surface area (Å²) in [6.07, 6.45) is 0. The first-order valence-corrected chi connectivity index (χ1v) is 5.75. The average molecular weight is 248 g/mol. The Balaban J connectivity index is 0. The molecule has 0 aromatic heterocycles. The van der Waals surface area contributed by atoms with Crippen molar-refractivity contribution >= 4 is 5.97 Å². The van der Waals surface area contributed by atoms with Crippen molar-refractivity contribution in [3.63, 3.8) is 0 Å². The Bertz CT molecular complexity index is 211. The summed E-state index contributed by atoms with van der Waals surface area (Å²) in [6.45, 7) is 16.7. The second kappa shape index (κ2) is 6.36. The van der Waals surface area contributed by atoms with Crippen molar-refractivity contribution < 1.29 is 19.7 Å². The van der Waals surface area contributed by atoms with E-state index < -0.39 is 11.4 Å². The second-order valence-electron chi connectivity index (χ2n) is 6.95. The number of hydrogen-bond donors (Lipinski definition) is 1. The molecule has 1 N–H and O–H groups in total. The summed E-state index contributed by atoms with van der Waals surface area (Å²) in [5.41, 5.74) is -1.01. The molecule has 0 aromatic rings. The number of carboxylic acids is 1. The molecule has 17 heavy (non-hydrogen) atoms. The molecule has 0 bridgehead atoms. The molecule has 4 heteroatoms. The lowest BCUT2D eigenvalue weighted by Crippen LogP contribution is -2.27. The van der Waals surface area contributed by atoms with Gasteiger partial charge in [0.05, 0.1) is 16.6 Å². The van der Waals surface area contributed by atoms with Gasteiger partial charge in [0, 0.05) is 0 Å². The van der Waals surface area contributed by atoms with Gasteiger partial charge in [0.2, 0.25) is 0 Å². The third-order valence-corrected chi connectivity index (χ3v) is 1.18. The fraction of sp³-hybridized carbons (Fsp3) is 0.923.